The maximum absolute atomic E-state index is 13.6. The van der Waals surface area contributed by atoms with Crippen LogP contribution >= 0.6 is 11.8 Å². The first-order chi connectivity index (χ1) is 10.3. The van der Waals surface area contributed by atoms with Gasteiger partial charge in [0.1, 0.15) is 17.4 Å². The highest BCUT2D eigenvalue weighted by Gasteiger charge is 2.14. The first kappa shape index (κ1) is 13.3. The summed E-state index contributed by atoms with van der Waals surface area (Å²) in [6.45, 7) is 0. The van der Waals surface area contributed by atoms with Gasteiger partial charge < -0.3 is 0 Å². The molecule has 3 aromatic rings. The second-order valence-corrected chi connectivity index (χ2v) is 5.04. The lowest BCUT2D eigenvalue weighted by atomic mass is 10.2. The van der Waals surface area contributed by atoms with Gasteiger partial charge in [0.05, 0.1) is 5.69 Å². The van der Waals surface area contributed by atoms with Gasteiger partial charge in [-0.05, 0) is 46.5 Å². The van der Waals surface area contributed by atoms with E-state index in [1.807, 2.05) is 36.4 Å². The van der Waals surface area contributed by atoms with E-state index in [0.29, 0.717) is 10.1 Å². The fourth-order valence-corrected chi connectivity index (χ4v) is 2.66. The summed E-state index contributed by atoms with van der Waals surface area (Å²) in [6.07, 6.45) is 0. The van der Waals surface area contributed by atoms with Gasteiger partial charge in [-0.3, -0.25) is 0 Å². The van der Waals surface area contributed by atoms with Crippen molar-refractivity contribution in [3.05, 3.63) is 59.9 Å². The van der Waals surface area contributed by atoms with Crippen molar-refractivity contribution in [1.82, 2.24) is 20.2 Å². The lowest BCUT2D eigenvalue weighted by Crippen LogP contribution is -1.98. The van der Waals surface area contributed by atoms with Crippen molar-refractivity contribution in [3.63, 3.8) is 0 Å². The van der Waals surface area contributed by atoms with Crippen molar-refractivity contribution in [2.75, 3.05) is 0 Å². The minimum Gasteiger partial charge on any atom is -0.206 e. The predicted molar refractivity (Wildman–Crippen MR) is 74.4 cm³/mol. The van der Waals surface area contributed by atoms with Crippen LogP contribution in [0.4, 0.5) is 4.39 Å². The van der Waals surface area contributed by atoms with Crippen molar-refractivity contribution < 1.29 is 4.39 Å². The largest absolute Gasteiger partial charge is 0.218 e. The molecule has 0 spiro atoms. The molecule has 0 saturated carbocycles. The molecule has 0 aliphatic heterocycles. The Balaban J connectivity index is 2.00. The highest BCUT2D eigenvalue weighted by molar-refractivity contribution is 7.99. The molecule has 0 fully saturated rings. The number of halogens is 1. The Morgan fingerprint density at radius 2 is 1.90 bits per heavy atom. The normalized spacial score (nSPS) is 10.3. The van der Waals surface area contributed by atoms with Gasteiger partial charge in [0.2, 0.25) is 5.16 Å². The van der Waals surface area contributed by atoms with Crippen molar-refractivity contribution >= 4 is 11.8 Å². The molecule has 0 saturated heterocycles. The van der Waals surface area contributed by atoms with Crippen LogP contribution in [0.25, 0.3) is 5.69 Å². The van der Waals surface area contributed by atoms with Crippen LogP contribution in [-0.2, 0) is 0 Å². The number of nitriles is 1. The third kappa shape index (κ3) is 2.61. The number of rotatable bonds is 3. The molecular weight excluding hydrogens is 289 g/mol. The summed E-state index contributed by atoms with van der Waals surface area (Å²) in [5.41, 5.74) is 0.782. The van der Waals surface area contributed by atoms with Crippen molar-refractivity contribution in [2.45, 2.75) is 10.1 Å². The Morgan fingerprint density at radius 1 is 1.10 bits per heavy atom. The van der Waals surface area contributed by atoms with Gasteiger partial charge in [-0.1, -0.05) is 24.3 Å². The summed E-state index contributed by atoms with van der Waals surface area (Å²) in [5.74, 6) is -0.554. The molecule has 21 heavy (non-hydrogen) atoms. The number of aromatic nitrogens is 4. The van der Waals surface area contributed by atoms with Gasteiger partial charge in [-0.25, -0.2) is 4.39 Å². The molecule has 0 aliphatic carbocycles. The monoisotopic (exact) mass is 297 g/mol. The Kier molecular flexibility index (Phi) is 3.62. The number of nitrogens with zero attached hydrogens (tertiary/aromatic N) is 5. The molecule has 0 aliphatic rings. The van der Waals surface area contributed by atoms with Crippen molar-refractivity contribution in [3.8, 4) is 11.8 Å². The topological polar surface area (TPSA) is 67.4 Å². The lowest BCUT2D eigenvalue weighted by Gasteiger charge is -2.05. The summed E-state index contributed by atoms with van der Waals surface area (Å²) >= 11 is 1.15. The van der Waals surface area contributed by atoms with Gasteiger partial charge in [0, 0.05) is 4.90 Å². The molecule has 7 heteroatoms. The van der Waals surface area contributed by atoms with Gasteiger partial charge in [0.25, 0.3) is 0 Å². The molecule has 3 rings (SSSR count). The quantitative estimate of drug-likeness (QED) is 0.743. The smallest absolute Gasteiger partial charge is 0.206 e. The Morgan fingerprint density at radius 3 is 2.67 bits per heavy atom. The fraction of sp³-hybridized carbons (Fsp3) is 0. The number of tetrazole rings is 1. The predicted octanol–water partition coefficient (Wildman–Crippen LogP) is 2.82. The van der Waals surface area contributed by atoms with E-state index in [-0.39, 0.29) is 5.56 Å². The first-order valence-electron chi connectivity index (χ1n) is 6.00. The van der Waals surface area contributed by atoms with E-state index in [0.717, 1.165) is 17.4 Å². The highest BCUT2D eigenvalue weighted by Crippen LogP contribution is 2.30. The number of hydrogen-bond donors (Lipinski definition) is 0. The Bertz CT molecular complexity index is 810. The molecule has 0 bridgehead atoms. The number of hydrogen-bond acceptors (Lipinski definition) is 5. The van der Waals surface area contributed by atoms with Crippen LogP contribution in [0.2, 0.25) is 0 Å². The zero-order chi connectivity index (χ0) is 14.7. The molecule has 0 N–H and O–H groups in total. The van der Waals surface area contributed by atoms with Gasteiger partial charge >= 0.3 is 0 Å². The zero-order valence-electron chi connectivity index (χ0n) is 10.6. The Hall–Kier alpha value is -2.72. The van der Waals surface area contributed by atoms with Crippen LogP contribution in [0.5, 0.6) is 0 Å². The summed E-state index contributed by atoms with van der Waals surface area (Å²) in [7, 11) is 0. The van der Waals surface area contributed by atoms with Gasteiger partial charge in [-0.2, -0.15) is 9.94 Å². The van der Waals surface area contributed by atoms with E-state index >= 15 is 0 Å². The molecule has 102 valence electrons. The van der Waals surface area contributed by atoms with Crippen LogP contribution in [0.1, 0.15) is 5.56 Å². The molecule has 1 aromatic heterocycles. The molecule has 5 nitrogen and oxygen atoms in total. The summed E-state index contributed by atoms with van der Waals surface area (Å²) in [6, 6.07) is 15.7. The van der Waals surface area contributed by atoms with E-state index in [1.54, 1.807) is 12.1 Å². The minimum atomic E-state index is -0.554. The summed E-state index contributed by atoms with van der Waals surface area (Å²) < 4.78 is 15.1. The molecular formula is C14H8FN5S. The average Bonchev–Trinajstić information content (AvgIpc) is 2.97. The molecule has 0 atom stereocenters. The second kappa shape index (κ2) is 5.73. The molecule has 0 unspecified atom stereocenters. The standard InChI is InChI=1S/C14H8FN5S/c15-12-7-4-8-13(11(12)9-16)21-14-17-18-19-20(14)10-5-2-1-3-6-10/h1-8H. The average molecular weight is 297 g/mol. The molecule has 0 amide bonds. The van der Waals surface area contributed by atoms with E-state index in [4.69, 9.17) is 5.26 Å². The van der Waals surface area contributed by atoms with Crippen LogP contribution in [0.15, 0.2) is 58.6 Å². The summed E-state index contributed by atoms with van der Waals surface area (Å²) in [5, 5.41) is 21.0. The number of benzene rings is 2. The van der Waals surface area contributed by atoms with Crippen molar-refractivity contribution in [2.24, 2.45) is 0 Å². The van der Waals surface area contributed by atoms with E-state index in [1.165, 1.54) is 10.7 Å². The van der Waals surface area contributed by atoms with Crippen LogP contribution in [0, 0.1) is 17.1 Å². The van der Waals surface area contributed by atoms with Gasteiger partial charge in [-0.15, -0.1) is 5.10 Å². The fourth-order valence-electron chi connectivity index (χ4n) is 1.77. The number of para-hydroxylation sites is 1. The van der Waals surface area contributed by atoms with Crippen LogP contribution in [-0.4, -0.2) is 20.2 Å². The second-order valence-electron chi connectivity index (χ2n) is 4.04. The zero-order valence-corrected chi connectivity index (χ0v) is 11.5. The molecule has 2 aromatic carbocycles. The van der Waals surface area contributed by atoms with E-state index in [9.17, 15) is 4.39 Å². The summed E-state index contributed by atoms with van der Waals surface area (Å²) in [4.78, 5) is 0.476. The molecule has 0 radical (unpaired) electrons. The van der Waals surface area contributed by atoms with E-state index in [2.05, 4.69) is 15.5 Å². The van der Waals surface area contributed by atoms with Crippen molar-refractivity contribution in [1.29, 1.82) is 5.26 Å². The maximum Gasteiger partial charge on any atom is 0.218 e. The SMILES string of the molecule is N#Cc1c(F)cccc1Sc1nnnn1-c1ccccc1. The third-order valence-electron chi connectivity index (χ3n) is 2.73. The minimum absolute atomic E-state index is 0.00916. The van der Waals surface area contributed by atoms with Crippen LogP contribution in [0.3, 0.4) is 0 Å². The maximum atomic E-state index is 13.6. The highest BCUT2D eigenvalue weighted by atomic mass is 32.2. The lowest BCUT2D eigenvalue weighted by molar-refractivity contribution is 0.619. The van der Waals surface area contributed by atoms with Crippen LogP contribution < -0.4 is 0 Å². The first-order valence-corrected chi connectivity index (χ1v) is 6.81. The third-order valence-corrected chi connectivity index (χ3v) is 3.73. The van der Waals surface area contributed by atoms with E-state index < -0.39 is 5.82 Å². The van der Waals surface area contributed by atoms with Gasteiger partial charge in [0.15, 0.2) is 0 Å². The molecule has 1 heterocycles. The Labute approximate surface area is 124 Å².